The second-order valence-electron chi connectivity index (χ2n) is 7.60. The number of nitrogens with one attached hydrogen (secondary N) is 1. The lowest BCUT2D eigenvalue weighted by Crippen LogP contribution is -2.47. The number of carbonyl (C=O) groups excluding carboxylic acids is 2. The van der Waals surface area contributed by atoms with Gasteiger partial charge in [0.25, 0.3) is 5.91 Å². The van der Waals surface area contributed by atoms with E-state index in [1.165, 1.54) is 0 Å². The molecule has 1 aliphatic carbocycles. The first kappa shape index (κ1) is 22.2. The highest BCUT2D eigenvalue weighted by Gasteiger charge is 2.41. The minimum Gasteiger partial charge on any atom is -0.490 e. The molecule has 1 fully saturated rings. The van der Waals surface area contributed by atoms with Crippen molar-refractivity contribution in [2.75, 3.05) is 19.0 Å². The highest BCUT2D eigenvalue weighted by atomic mass is 16.5. The molecule has 0 heterocycles. The largest absolute Gasteiger partial charge is 0.490 e. The van der Waals surface area contributed by atoms with Gasteiger partial charge < -0.3 is 19.5 Å². The van der Waals surface area contributed by atoms with E-state index in [0.717, 1.165) is 19.3 Å². The van der Waals surface area contributed by atoms with Gasteiger partial charge in [0.15, 0.2) is 0 Å². The van der Waals surface area contributed by atoms with E-state index in [9.17, 15) is 9.59 Å². The van der Waals surface area contributed by atoms with E-state index < -0.39 is 11.6 Å². The number of rotatable bonds is 8. The zero-order valence-corrected chi connectivity index (χ0v) is 17.7. The number of amides is 1. The molecule has 156 valence electrons. The maximum absolute atomic E-state index is 13.0. The molecule has 28 heavy (non-hydrogen) atoms. The summed E-state index contributed by atoms with van der Waals surface area (Å²) in [6.45, 7) is 8.17. The van der Waals surface area contributed by atoms with Gasteiger partial charge >= 0.3 is 5.97 Å². The van der Waals surface area contributed by atoms with Crippen LogP contribution in [0.1, 0.15) is 70.2 Å². The SMILES string of the molecule is CCOC(=O)c1cc(NC(=O)C2(OC)CCC(C)CC2)ccc1O[C@@H](C)CC. The Morgan fingerprint density at radius 3 is 2.50 bits per heavy atom. The minimum absolute atomic E-state index is 0.0328. The number of esters is 1. The van der Waals surface area contributed by atoms with Gasteiger partial charge in [0, 0.05) is 12.8 Å². The van der Waals surface area contributed by atoms with Crippen LogP contribution in [0.4, 0.5) is 5.69 Å². The number of carbonyl (C=O) groups is 2. The van der Waals surface area contributed by atoms with E-state index in [1.807, 2.05) is 13.8 Å². The van der Waals surface area contributed by atoms with Crippen LogP contribution in [0.25, 0.3) is 0 Å². The quantitative estimate of drug-likeness (QED) is 0.657. The molecule has 1 atom stereocenters. The molecule has 1 aromatic carbocycles. The fraction of sp³-hybridized carbons (Fsp3) is 0.636. The maximum atomic E-state index is 13.0. The molecule has 0 aromatic heterocycles. The Hall–Kier alpha value is -2.08. The standard InChI is InChI=1S/C22H33NO5/c1-6-16(4)28-19-9-8-17(14-18(19)20(24)27-7-2)23-21(25)22(26-5)12-10-15(3)11-13-22/h8-9,14-16H,6-7,10-13H2,1-5H3,(H,23,25)/t15?,16-,22?/m0/s1. The number of hydrogen-bond donors (Lipinski definition) is 1. The Bertz CT molecular complexity index is 680. The third-order valence-corrected chi connectivity index (χ3v) is 5.52. The van der Waals surface area contributed by atoms with Gasteiger partial charge in [-0.05, 0) is 70.1 Å². The number of methoxy groups -OCH3 is 1. The molecule has 0 saturated heterocycles. The summed E-state index contributed by atoms with van der Waals surface area (Å²) in [5.74, 6) is 0.416. The van der Waals surface area contributed by atoms with Crippen molar-refractivity contribution in [3.05, 3.63) is 23.8 Å². The molecule has 0 spiro atoms. The first-order valence-electron chi connectivity index (χ1n) is 10.2. The fourth-order valence-corrected chi connectivity index (χ4v) is 3.38. The molecule has 1 saturated carbocycles. The van der Waals surface area contributed by atoms with Crippen molar-refractivity contribution in [3.63, 3.8) is 0 Å². The Morgan fingerprint density at radius 2 is 1.93 bits per heavy atom. The summed E-state index contributed by atoms with van der Waals surface area (Å²) in [7, 11) is 1.59. The fourth-order valence-electron chi connectivity index (χ4n) is 3.38. The van der Waals surface area contributed by atoms with Crippen molar-refractivity contribution < 1.29 is 23.8 Å². The van der Waals surface area contributed by atoms with Crippen molar-refractivity contribution >= 4 is 17.6 Å². The molecule has 6 heteroatoms. The molecule has 0 bridgehead atoms. The highest BCUT2D eigenvalue weighted by molar-refractivity contribution is 5.99. The minimum atomic E-state index is -0.817. The van der Waals surface area contributed by atoms with Crippen molar-refractivity contribution in [3.8, 4) is 5.75 Å². The molecule has 6 nitrogen and oxygen atoms in total. The normalized spacial score (nSPS) is 23.0. The number of ether oxygens (including phenoxy) is 3. The van der Waals surface area contributed by atoms with Crippen LogP contribution in [0.3, 0.4) is 0 Å². The van der Waals surface area contributed by atoms with E-state index >= 15 is 0 Å². The van der Waals surface area contributed by atoms with Crippen LogP contribution in [-0.4, -0.2) is 37.3 Å². The Morgan fingerprint density at radius 1 is 1.25 bits per heavy atom. The first-order valence-corrected chi connectivity index (χ1v) is 10.2. The summed E-state index contributed by atoms with van der Waals surface area (Å²) < 4.78 is 16.6. The Kier molecular flexibility index (Phi) is 7.87. The second-order valence-corrected chi connectivity index (χ2v) is 7.60. The second kappa shape index (κ2) is 9.92. The smallest absolute Gasteiger partial charge is 0.341 e. The van der Waals surface area contributed by atoms with Crippen molar-refractivity contribution in [2.45, 2.75) is 71.5 Å². The lowest BCUT2D eigenvalue weighted by Gasteiger charge is -2.36. The average Bonchev–Trinajstić information content (AvgIpc) is 2.69. The molecular weight excluding hydrogens is 358 g/mol. The Labute approximate surface area is 167 Å². The van der Waals surface area contributed by atoms with Gasteiger partial charge in [-0.15, -0.1) is 0 Å². The van der Waals surface area contributed by atoms with Crippen LogP contribution >= 0.6 is 0 Å². The van der Waals surface area contributed by atoms with Gasteiger partial charge in [0.05, 0.1) is 12.7 Å². The van der Waals surface area contributed by atoms with E-state index in [2.05, 4.69) is 12.2 Å². The van der Waals surface area contributed by atoms with Crippen molar-refractivity contribution in [1.29, 1.82) is 0 Å². The zero-order chi connectivity index (χ0) is 20.7. The monoisotopic (exact) mass is 391 g/mol. The average molecular weight is 392 g/mol. The molecule has 0 aliphatic heterocycles. The lowest BCUT2D eigenvalue weighted by atomic mass is 9.79. The Balaban J connectivity index is 2.24. The van der Waals surface area contributed by atoms with E-state index in [4.69, 9.17) is 14.2 Å². The van der Waals surface area contributed by atoms with Crippen LogP contribution in [0, 0.1) is 5.92 Å². The number of anilines is 1. The summed E-state index contributed by atoms with van der Waals surface area (Å²) in [5, 5.41) is 2.92. The zero-order valence-electron chi connectivity index (χ0n) is 17.7. The summed E-state index contributed by atoms with van der Waals surface area (Å²) in [6.07, 6.45) is 4.07. The third kappa shape index (κ3) is 5.25. The molecule has 1 N–H and O–H groups in total. The molecule has 1 amide bonds. The predicted octanol–water partition coefficient (Wildman–Crippen LogP) is 4.57. The molecular formula is C22H33NO5. The van der Waals surface area contributed by atoms with Crippen molar-refractivity contribution in [1.82, 2.24) is 0 Å². The van der Waals surface area contributed by atoms with Crippen LogP contribution in [0.15, 0.2) is 18.2 Å². The molecule has 1 aromatic rings. The number of benzene rings is 1. The third-order valence-electron chi connectivity index (χ3n) is 5.52. The van der Waals surface area contributed by atoms with Crippen molar-refractivity contribution in [2.24, 2.45) is 5.92 Å². The molecule has 0 unspecified atom stereocenters. The van der Waals surface area contributed by atoms with Gasteiger partial charge in [-0.1, -0.05) is 13.8 Å². The van der Waals surface area contributed by atoms with Gasteiger partial charge in [-0.2, -0.15) is 0 Å². The van der Waals surface area contributed by atoms with Gasteiger partial charge in [-0.25, -0.2) is 4.79 Å². The summed E-state index contributed by atoms with van der Waals surface area (Å²) >= 11 is 0. The maximum Gasteiger partial charge on any atom is 0.341 e. The molecule has 0 radical (unpaired) electrons. The lowest BCUT2D eigenvalue weighted by molar-refractivity contribution is -0.142. The summed E-state index contributed by atoms with van der Waals surface area (Å²) in [4.78, 5) is 25.4. The van der Waals surface area contributed by atoms with Gasteiger partial charge in [0.1, 0.15) is 16.9 Å². The summed E-state index contributed by atoms with van der Waals surface area (Å²) in [6, 6.07) is 5.06. The predicted molar refractivity (Wildman–Crippen MR) is 109 cm³/mol. The van der Waals surface area contributed by atoms with Crippen LogP contribution in [-0.2, 0) is 14.3 Å². The van der Waals surface area contributed by atoms with Crippen LogP contribution < -0.4 is 10.1 Å². The summed E-state index contributed by atoms with van der Waals surface area (Å²) in [5.41, 5.74) is 0.0194. The topological polar surface area (TPSA) is 73.9 Å². The highest BCUT2D eigenvalue weighted by Crippen LogP contribution is 2.35. The van der Waals surface area contributed by atoms with Crippen LogP contribution in [0.2, 0.25) is 0 Å². The van der Waals surface area contributed by atoms with E-state index in [0.29, 0.717) is 35.8 Å². The number of hydrogen-bond acceptors (Lipinski definition) is 5. The van der Waals surface area contributed by atoms with E-state index in [1.54, 1.807) is 32.2 Å². The van der Waals surface area contributed by atoms with Gasteiger partial charge in [-0.3, -0.25) is 4.79 Å². The van der Waals surface area contributed by atoms with E-state index in [-0.39, 0.29) is 18.6 Å². The van der Waals surface area contributed by atoms with Gasteiger partial charge in [0.2, 0.25) is 0 Å². The first-order chi connectivity index (χ1) is 13.3. The molecule has 2 rings (SSSR count). The van der Waals surface area contributed by atoms with Crippen LogP contribution in [0.5, 0.6) is 5.75 Å². The molecule has 1 aliphatic rings.